The van der Waals surface area contributed by atoms with E-state index in [0.717, 1.165) is 5.56 Å². The maximum absolute atomic E-state index is 12.6. The fraction of sp³-hybridized carbons (Fsp3) is 0.263. The molecule has 0 bridgehead atoms. The number of pyridine rings is 1. The van der Waals surface area contributed by atoms with Crippen molar-refractivity contribution in [2.45, 2.75) is 32.9 Å². The first kappa shape index (κ1) is 17.6. The van der Waals surface area contributed by atoms with Gasteiger partial charge in [0.25, 0.3) is 11.8 Å². The highest BCUT2D eigenvalue weighted by Gasteiger charge is 2.41. The van der Waals surface area contributed by atoms with E-state index in [1.807, 2.05) is 6.07 Å². The van der Waals surface area contributed by atoms with Crippen LogP contribution < -0.4 is 10.6 Å². The SMILES string of the molecule is CC(C)(C)N1C(=O)c2ccc(NC(=O)NCc3cccnc3)cc2C1=O. The summed E-state index contributed by atoms with van der Waals surface area (Å²) >= 11 is 0. The average molecular weight is 352 g/mol. The standard InChI is InChI=1S/C19H20N4O3/c1-19(2,3)23-16(24)14-7-6-13(9-15(14)17(23)25)22-18(26)21-11-12-5-4-8-20-10-12/h4-10H,11H2,1-3H3,(H2,21,22,26). The number of hydrogen-bond donors (Lipinski definition) is 2. The molecule has 1 aromatic heterocycles. The van der Waals surface area contributed by atoms with Gasteiger partial charge in [0.2, 0.25) is 0 Å². The summed E-state index contributed by atoms with van der Waals surface area (Å²) < 4.78 is 0. The molecule has 0 radical (unpaired) electrons. The maximum Gasteiger partial charge on any atom is 0.319 e. The second-order valence-corrected chi connectivity index (χ2v) is 7.05. The van der Waals surface area contributed by atoms with Gasteiger partial charge in [-0.05, 0) is 50.6 Å². The fourth-order valence-corrected chi connectivity index (χ4v) is 2.79. The summed E-state index contributed by atoms with van der Waals surface area (Å²) in [7, 11) is 0. The van der Waals surface area contributed by atoms with Gasteiger partial charge in [0, 0.05) is 30.2 Å². The number of carbonyl (C=O) groups is 3. The predicted molar refractivity (Wildman–Crippen MR) is 96.8 cm³/mol. The lowest BCUT2D eigenvalue weighted by Gasteiger charge is -2.29. The van der Waals surface area contributed by atoms with Gasteiger partial charge in [0.1, 0.15) is 0 Å². The molecule has 2 N–H and O–H groups in total. The van der Waals surface area contributed by atoms with Crippen LogP contribution in [0.4, 0.5) is 10.5 Å². The molecule has 7 nitrogen and oxygen atoms in total. The van der Waals surface area contributed by atoms with Crippen molar-refractivity contribution in [1.29, 1.82) is 0 Å². The first-order valence-electron chi connectivity index (χ1n) is 8.24. The number of benzene rings is 1. The summed E-state index contributed by atoms with van der Waals surface area (Å²) in [4.78, 5) is 42.3. The van der Waals surface area contributed by atoms with Gasteiger partial charge in [-0.15, -0.1) is 0 Å². The van der Waals surface area contributed by atoms with Crippen LogP contribution in [0.5, 0.6) is 0 Å². The van der Waals surface area contributed by atoms with Crippen LogP contribution in [-0.2, 0) is 6.54 Å². The lowest BCUT2D eigenvalue weighted by molar-refractivity contribution is 0.0507. The number of anilines is 1. The van der Waals surface area contributed by atoms with E-state index < -0.39 is 11.6 Å². The van der Waals surface area contributed by atoms with E-state index in [1.165, 1.54) is 11.0 Å². The van der Waals surface area contributed by atoms with Crippen LogP contribution >= 0.6 is 0 Å². The molecular formula is C19H20N4O3. The number of amides is 4. The predicted octanol–water partition coefficient (Wildman–Crippen LogP) is 2.80. The monoisotopic (exact) mass is 352 g/mol. The molecule has 134 valence electrons. The third kappa shape index (κ3) is 3.42. The molecule has 1 aliphatic rings. The van der Waals surface area contributed by atoms with E-state index in [4.69, 9.17) is 0 Å². The normalized spacial score (nSPS) is 13.6. The Labute approximate surface area is 151 Å². The molecule has 1 aliphatic heterocycles. The number of urea groups is 1. The van der Waals surface area contributed by atoms with E-state index in [9.17, 15) is 14.4 Å². The summed E-state index contributed by atoms with van der Waals surface area (Å²) in [6.07, 6.45) is 3.33. The minimum atomic E-state index is -0.609. The number of carbonyl (C=O) groups excluding carboxylic acids is 3. The van der Waals surface area contributed by atoms with Crippen LogP contribution in [0.1, 0.15) is 47.1 Å². The van der Waals surface area contributed by atoms with Gasteiger partial charge in [-0.1, -0.05) is 6.07 Å². The molecule has 1 aromatic carbocycles. The highest BCUT2D eigenvalue weighted by molar-refractivity contribution is 6.22. The van der Waals surface area contributed by atoms with E-state index in [-0.39, 0.29) is 11.8 Å². The Hall–Kier alpha value is -3.22. The molecule has 2 aromatic rings. The van der Waals surface area contributed by atoms with Crippen molar-refractivity contribution >= 4 is 23.5 Å². The number of nitrogens with zero attached hydrogens (tertiary/aromatic N) is 2. The minimum absolute atomic E-state index is 0.301. The number of hydrogen-bond acceptors (Lipinski definition) is 4. The topological polar surface area (TPSA) is 91.4 Å². The first-order chi connectivity index (χ1) is 12.3. The molecule has 0 saturated heterocycles. The molecule has 2 heterocycles. The molecule has 0 fully saturated rings. The minimum Gasteiger partial charge on any atom is -0.334 e. The summed E-state index contributed by atoms with van der Waals surface area (Å²) in [5, 5.41) is 5.39. The highest BCUT2D eigenvalue weighted by Crippen LogP contribution is 2.30. The van der Waals surface area contributed by atoms with E-state index in [1.54, 1.807) is 51.4 Å². The smallest absolute Gasteiger partial charge is 0.319 e. The third-order valence-corrected chi connectivity index (χ3v) is 3.99. The Kier molecular flexibility index (Phi) is 4.46. The summed E-state index contributed by atoms with van der Waals surface area (Å²) in [6, 6.07) is 7.95. The van der Waals surface area contributed by atoms with Crippen LogP contribution in [0.25, 0.3) is 0 Å². The Morgan fingerprint density at radius 2 is 1.85 bits per heavy atom. The van der Waals surface area contributed by atoms with Crippen molar-refractivity contribution in [1.82, 2.24) is 15.2 Å². The van der Waals surface area contributed by atoms with Gasteiger partial charge < -0.3 is 10.6 Å². The highest BCUT2D eigenvalue weighted by atomic mass is 16.2. The van der Waals surface area contributed by atoms with Crippen molar-refractivity contribution in [2.75, 3.05) is 5.32 Å². The van der Waals surface area contributed by atoms with Crippen molar-refractivity contribution < 1.29 is 14.4 Å². The number of nitrogens with one attached hydrogen (secondary N) is 2. The molecule has 4 amide bonds. The van der Waals surface area contributed by atoms with E-state index >= 15 is 0 Å². The van der Waals surface area contributed by atoms with Gasteiger partial charge >= 0.3 is 6.03 Å². The second-order valence-electron chi connectivity index (χ2n) is 7.05. The molecule has 0 unspecified atom stereocenters. The van der Waals surface area contributed by atoms with Crippen molar-refractivity contribution in [3.05, 3.63) is 59.4 Å². The van der Waals surface area contributed by atoms with Gasteiger partial charge in [-0.25, -0.2) is 4.79 Å². The zero-order valence-corrected chi connectivity index (χ0v) is 14.9. The van der Waals surface area contributed by atoms with E-state index in [2.05, 4.69) is 15.6 Å². The van der Waals surface area contributed by atoms with Gasteiger partial charge in [-0.3, -0.25) is 19.5 Å². The Balaban J connectivity index is 1.71. The van der Waals surface area contributed by atoms with E-state index in [0.29, 0.717) is 23.4 Å². The Morgan fingerprint density at radius 1 is 1.12 bits per heavy atom. The number of fused-ring (bicyclic) bond motifs is 1. The van der Waals surface area contributed by atoms with Crippen LogP contribution in [0.15, 0.2) is 42.7 Å². The van der Waals surface area contributed by atoms with Crippen molar-refractivity contribution in [3.63, 3.8) is 0 Å². The molecule has 0 spiro atoms. The Bertz CT molecular complexity index is 872. The summed E-state index contributed by atoms with van der Waals surface area (Å²) in [6.45, 7) is 5.75. The average Bonchev–Trinajstić information content (AvgIpc) is 2.84. The van der Waals surface area contributed by atoms with Crippen LogP contribution in [0.2, 0.25) is 0 Å². The molecule has 0 saturated carbocycles. The number of imide groups is 1. The lowest BCUT2D eigenvalue weighted by atomic mass is 10.1. The van der Waals surface area contributed by atoms with Gasteiger partial charge in [0.05, 0.1) is 11.1 Å². The molecular weight excluding hydrogens is 332 g/mol. The second kappa shape index (κ2) is 6.59. The fourth-order valence-electron chi connectivity index (χ4n) is 2.79. The van der Waals surface area contributed by atoms with Crippen LogP contribution in [0.3, 0.4) is 0 Å². The van der Waals surface area contributed by atoms with Crippen LogP contribution in [0, 0.1) is 0 Å². The molecule has 3 rings (SSSR count). The summed E-state index contributed by atoms with van der Waals surface area (Å²) in [5.74, 6) is -0.665. The Morgan fingerprint density at radius 3 is 2.50 bits per heavy atom. The molecule has 0 aliphatic carbocycles. The van der Waals surface area contributed by atoms with Crippen molar-refractivity contribution in [2.24, 2.45) is 0 Å². The molecule has 0 atom stereocenters. The quantitative estimate of drug-likeness (QED) is 0.831. The first-order valence-corrected chi connectivity index (χ1v) is 8.24. The largest absolute Gasteiger partial charge is 0.334 e. The zero-order valence-electron chi connectivity index (χ0n) is 14.9. The lowest BCUT2D eigenvalue weighted by Crippen LogP contribution is -2.45. The number of rotatable bonds is 3. The molecule has 26 heavy (non-hydrogen) atoms. The van der Waals surface area contributed by atoms with Crippen LogP contribution in [-0.4, -0.2) is 33.3 Å². The van der Waals surface area contributed by atoms with Gasteiger partial charge in [-0.2, -0.15) is 0 Å². The third-order valence-electron chi connectivity index (χ3n) is 3.99. The number of aromatic nitrogens is 1. The zero-order chi connectivity index (χ0) is 18.9. The van der Waals surface area contributed by atoms with Gasteiger partial charge in [0.15, 0.2) is 0 Å². The molecule has 7 heteroatoms. The maximum atomic E-state index is 12.6. The van der Waals surface area contributed by atoms with Crippen molar-refractivity contribution in [3.8, 4) is 0 Å². The summed E-state index contributed by atoms with van der Waals surface area (Å²) in [5.41, 5.74) is 1.37.